The molecule has 4 aliphatic rings. The quantitative estimate of drug-likeness (QED) is 0.208. The number of nitrogens with zero attached hydrogens (tertiary/aromatic N) is 2. The molecule has 0 radical (unpaired) electrons. The van der Waals surface area contributed by atoms with Crippen molar-refractivity contribution < 1.29 is 0 Å². The zero-order valence-electron chi connectivity index (χ0n) is 27.7. The van der Waals surface area contributed by atoms with Gasteiger partial charge in [0.1, 0.15) is 0 Å². The zero-order chi connectivity index (χ0) is 32.0. The van der Waals surface area contributed by atoms with Crippen LogP contribution in [0.1, 0.15) is 45.1 Å². The smallest absolute Gasteiger partial charge is 0.246 e. The van der Waals surface area contributed by atoms with E-state index < -0.39 is 0 Å². The molecule has 2 atom stereocenters. The Morgan fingerprint density at radius 2 is 1.06 bits per heavy atom. The minimum Gasteiger partial charge on any atom is -0.334 e. The van der Waals surface area contributed by atoms with E-state index in [1.165, 1.54) is 92.5 Å². The summed E-state index contributed by atoms with van der Waals surface area (Å²) in [4.78, 5) is 5.35. The molecular formula is C44H38B2N2. The first-order chi connectivity index (χ1) is 23.6. The average molecular weight is 616 g/mol. The Morgan fingerprint density at radius 1 is 0.500 bits per heavy atom. The molecule has 0 amide bonds. The molecule has 3 aliphatic heterocycles. The number of benzene rings is 6. The second kappa shape index (κ2) is 10.3. The lowest BCUT2D eigenvalue weighted by molar-refractivity contribution is 0.195. The van der Waals surface area contributed by atoms with E-state index in [-0.39, 0.29) is 24.4 Å². The summed E-state index contributed by atoms with van der Waals surface area (Å²) in [5.41, 5.74) is 16.5. The van der Waals surface area contributed by atoms with E-state index in [9.17, 15) is 0 Å². The van der Waals surface area contributed by atoms with E-state index in [2.05, 4.69) is 169 Å². The van der Waals surface area contributed by atoms with E-state index in [0.29, 0.717) is 0 Å². The number of fused-ring (bicyclic) bond motifs is 7. The number of hydrogen-bond donors (Lipinski definition) is 0. The molecule has 1 fully saturated rings. The van der Waals surface area contributed by atoms with Gasteiger partial charge in [-0.1, -0.05) is 152 Å². The molecule has 2 unspecified atom stereocenters. The second-order valence-electron chi connectivity index (χ2n) is 14.8. The van der Waals surface area contributed by atoms with Gasteiger partial charge in [-0.05, 0) is 71.4 Å². The zero-order valence-corrected chi connectivity index (χ0v) is 27.7. The minimum absolute atomic E-state index is 0.00263. The maximum atomic E-state index is 2.73. The fourth-order valence-electron chi connectivity index (χ4n) is 10.1. The van der Waals surface area contributed by atoms with Crippen molar-refractivity contribution in [1.29, 1.82) is 0 Å². The highest BCUT2D eigenvalue weighted by atomic mass is 15.3. The molecule has 1 saturated carbocycles. The fraction of sp³-hybridized carbons (Fsp3) is 0.182. The number of rotatable bonds is 3. The molecule has 3 heterocycles. The fourth-order valence-corrected chi connectivity index (χ4v) is 10.1. The van der Waals surface area contributed by atoms with Crippen molar-refractivity contribution in [2.75, 3.05) is 9.80 Å². The van der Waals surface area contributed by atoms with Gasteiger partial charge >= 0.3 is 0 Å². The van der Waals surface area contributed by atoms with Gasteiger partial charge in [0.15, 0.2) is 0 Å². The van der Waals surface area contributed by atoms with E-state index in [4.69, 9.17) is 0 Å². The molecule has 4 heteroatoms. The molecule has 10 rings (SSSR count). The first-order valence-corrected chi connectivity index (χ1v) is 17.7. The Hall–Kier alpha value is -4.95. The lowest BCUT2D eigenvalue weighted by atomic mass is 9.30. The third-order valence-electron chi connectivity index (χ3n) is 12.5. The van der Waals surface area contributed by atoms with Gasteiger partial charge in [0.2, 0.25) is 13.4 Å². The standard InChI is InChI=1S/C44H38B2N2/c1-43-27-14-15-28-44(43,2)48(33-21-10-5-11-22-33)40-30-41-38(29-34(40)43)46(32-19-8-4-9-20-32)37-25-16-24-36-42(37)47(41)39-26-13-12-23-35(39)45(36)31-17-6-3-7-18-31/h3-13,16-26,29-30H,14-15,27-28H2,1-2H3. The van der Waals surface area contributed by atoms with Crippen molar-refractivity contribution in [3.05, 3.63) is 151 Å². The topological polar surface area (TPSA) is 6.48 Å². The number of hydrogen-bond acceptors (Lipinski definition) is 2. The van der Waals surface area contributed by atoms with Gasteiger partial charge < -0.3 is 9.80 Å². The van der Waals surface area contributed by atoms with Crippen LogP contribution in [0.15, 0.2) is 146 Å². The van der Waals surface area contributed by atoms with Crippen LogP contribution in [0.25, 0.3) is 0 Å². The summed E-state index contributed by atoms with van der Waals surface area (Å²) in [5, 5.41) is 0. The van der Waals surface area contributed by atoms with Crippen molar-refractivity contribution in [2.24, 2.45) is 0 Å². The Morgan fingerprint density at radius 3 is 1.75 bits per heavy atom. The summed E-state index contributed by atoms with van der Waals surface area (Å²) >= 11 is 0. The van der Waals surface area contributed by atoms with Crippen LogP contribution in [-0.2, 0) is 5.41 Å². The van der Waals surface area contributed by atoms with E-state index in [0.717, 1.165) is 0 Å². The third kappa shape index (κ3) is 3.66. The summed E-state index contributed by atoms with van der Waals surface area (Å²) in [6, 6.07) is 55.0. The van der Waals surface area contributed by atoms with Crippen LogP contribution in [0, 0.1) is 0 Å². The largest absolute Gasteiger partial charge is 0.334 e. The number of para-hydroxylation sites is 3. The Bertz CT molecular complexity index is 2200. The van der Waals surface area contributed by atoms with Crippen molar-refractivity contribution in [3.8, 4) is 0 Å². The molecule has 230 valence electrons. The molecule has 0 aromatic heterocycles. The van der Waals surface area contributed by atoms with Crippen LogP contribution < -0.4 is 42.6 Å². The Balaban J connectivity index is 1.30. The minimum atomic E-state index is -0.00263. The maximum Gasteiger partial charge on any atom is 0.246 e. The molecule has 2 nitrogen and oxygen atoms in total. The van der Waals surface area contributed by atoms with Gasteiger partial charge in [-0.25, -0.2) is 0 Å². The average Bonchev–Trinajstić information content (AvgIpc) is 3.34. The lowest BCUT2D eigenvalue weighted by Gasteiger charge is -2.50. The lowest BCUT2D eigenvalue weighted by Crippen LogP contribution is -2.65. The molecule has 0 N–H and O–H groups in total. The highest BCUT2D eigenvalue weighted by Crippen LogP contribution is 2.61. The van der Waals surface area contributed by atoms with Crippen molar-refractivity contribution in [2.45, 2.75) is 50.5 Å². The summed E-state index contributed by atoms with van der Waals surface area (Å²) in [6.07, 6.45) is 4.95. The van der Waals surface area contributed by atoms with Gasteiger partial charge in [-0.2, -0.15) is 0 Å². The monoisotopic (exact) mass is 616 g/mol. The number of anilines is 5. The van der Waals surface area contributed by atoms with E-state index >= 15 is 0 Å². The molecule has 0 spiro atoms. The van der Waals surface area contributed by atoms with Crippen molar-refractivity contribution >= 4 is 74.6 Å². The SMILES string of the molecule is CC12CCCCC1(C)N(c1ccccc1)c1cc3c(cc12)B(c1ccccc1)c1cccc2c1N3c1ccccc1B2c1ccccc1. The molecule has 48 heavy (non-hydrogen) atoms. The summed E-state index contributed by atoms with van der Waals surface area (Å²) in [7, 11) is 0. The molecular weight excluding hydrogens is 578 g/mol. The van der Waals surface area contributed by atoms with Crippen molar-refractivity contribution in [1.82, 2.24) is 0 Å². The summed E-state index contributed by atoms with van der Waals surface area (Å²) < 4.78 is 0. The molecule has 1 aliphatic carbocycles. The molecule has 6 aromatic carbocycles. The van der Waals surface area contributed by atoms with Gasteiger partial charge in [0.05, 0.1) is 5.54 Å². The molecule has 0 saturated heterocycles. The van der Waals surface area contributed by atoms with Crippen LogP contribution in [0.2, 0.25) is 0 Å². The maximum absolute atomic E-state index is 2.73. The predicted octanol–water partition coefficient (Wildman–Crippen LogP) is 6.56. The van der Waals surface area contributed by atoms with E-state index in [1.807, 2.05) is 0 Å². The highest BCUT2D eigenvalue weighted by Gasteiger charge is 2.58. The predicted molar refractivity (Wildman–Crippen MR) is 206 cm³/mol. The van der Waals surface area contributed by atoms with Crippen molar-refractivity contribution in [3.63, 3.8) is 0 Å². The summed E-state index contributed by atoms with van der Waals surface area (Å²) in [5.74, 6) is 0. The van der Waals surface area contributed by atoms with Crippen LogP contribution in [0.5, 0.6) is 0 Å². The van der Waals surface area contributed by atoms with Gasteiger partial charge in [-0.15, -0.1) is 0 Å². The first kappa shape index (κ1) is 28.1. The van der Waals surface area contributed by atoms with Gasteiger partial charge in [0.25, 0.3) is 0 Å². The second-order valence-corrected chi connectivity index (χ2v) is 14.8. The van der Waals surface area contributed by atoms with Gasteiger partial charge in [-0.3, -0.25) is 0 Å². The van der Waals surface area contributed by atoms with E-state index in [1.54, 1.807) is 0 Å². The molecule has 6 aromatic rings. The van der Waals surface area contributed by atoms with Crippen LogP contribution >= 0.6 is 0 Å². The Kier molecular flexibility index (Phi) is 6.01. The third-order valence-corrected chi connectivity index (χ3v) is 12.5. The van der Waals surface area contributed by atoms with Crippen LogP contribution in [0.4, 0.5) is 28.4 Å². The highest BCUT2D eigenvalue weighted by molar-refractivity contribution is 7.02. The van der Waals surface area contributed by atoms with Crippen LogP contribution in [0.3, 0.4) is 0 Å². The van der Waals surface area contributed by atoms with Gasteiger partial charge in [0, 0.05) is 33.9 Å². The van der Waals surface area contributed by atoms with Crippen LogP contribution in [-0.4, -0.2) is 19.0 Å². The molecule has 0 bridgehead atoms. The Labute approximate surface area is 285 Å². The first-order valence-electron chi connectivity index (χ1n) is 17.7. The summed E-state index contributed by atoms with van der Waals surface area (Å²) in [6.45, 7) is 5.42. The normalized spacial score (nSPS) is 21.6.